The molecule has 4 nitrogen and oxygen atoms in total. The standard InChI is InChI=1S/CH2N4S/c2-1-3-4-5-6-1/h(H2,2,3,5). The lowest BCUT2D eigenvalue weighted by Gasteiger charge is -1.61. The fraction of sp³-hybridized carbons (Fsp3) is 0. The van der Waals surface area contributed by atoms with Crippen LogP contribution in [0.25, 0.3) is 0 Å². The van der Waals surface area contributed by atoms with Crippen molar-refractivity contribution in [3.8, 4) is 0 Å². The zero-order valence-electron chi connectivity index (χ0n) is 2.83. The predicted molar refractivity (Wildman–Crippen MR) is 22.1 cm³/mol. The van der Waals surface area contributed by atoms with Crippen LogP contribution in [0.1, 0.15) is 0 Å². The highest BCUT2D eigenvalue weighted by molar-refractivity contribution is 7.09. The third-order valence-electron chi connectivity index (χ3n) is 0.314. The zero-order valence-corrected chi connectivity index (χ0v) is 3.64. The lowest BCUT2D eigenvalue weighted by atomic mass is 11.3. The van der Waals surface area contributed by atoms with Gasteiger partial charge in [-0.25, -0.2) is 0 Å². The summed E-state index contributed by atoms with van der Waals surface area (Å²) in [4.78, 5) is 0. The summed E-state index contributed by atoms with van der Waals surface area (Å²) < 4.78 is 3.38. The lowest BCUT2D eigenvalue weighted by molar-refractivity contribution is 0.963. The molecule has 32 valence electrons. The Morgan fingerprint density at radius 2 is 2.50 bits per heavy atom. The number of rotatable bonds is 0. The van der Waals surface area contributed by atoms with Gasteiger partial charge in [0, 0.05) is 11.5 Å². The van der Waals surface area contributed by atoms with Crippen molar-refractivity contribution in [2.24, 2.45) is 0 Å². The van der Waals surface area contributed by atoms with Gasteiger partial charge in [0.05, 0.1) is 0 Å². The van der Waals surface area contributed by atoms with E-state index < -0.39 is 0 Å². The van der Waals surface area contributed by atoms with Crippen LogP contribution in [0.4, 0.5) is 5.13 Å². The maximum atomic E-state index is 5.06. The summed E-state index contributed by atoms with van der Waals surface area (Å²) in [5.74, 6) is 0. The van der Waals surface area contributed by atoms with Gasteiger partial charge in [0.25, 0.3) is 0 Å². The molecule has 1 heterocycles. The fourth-order valence-corrected chi connectivity index (χ4v) is 0.370. The summed E-state index contributed by atoms with van der Waals surface area (Å²) in [6.45, 7) is 0. The van der Waals surface area contributed by atoms with E-state index >= 15 is 0 Å². The zero-order chi connectivity index (χ0) is 4.41. The first-order chi connectivity index (χ1) is 2.89. The van der Waals surface area contributed by atoms with Gasteiger partial charge in [-0.3, -0.25) is 0 Å². The molecule has 6 heavy (non-hydrogen) atoms. The van der Waals surface area contributed by atoms with E-state index in [9.17, 15) is 0 Å². The van der Waals surface area contributed by atoms with Crippen LogP contribution in [0.2, 0.25) is 0 Å². The monoisotopic (exact) mass is 102 g/mol. The number of nitrogens with two attached hydrogens (primary N) is 1. The van der Waals surface area contributed by atoms with Gasteiger partial charge >= 0.3 is 0 Å². The number of nitrogens with zero attached hydrogens (tertiary/aromatic N) is 3. The van der Waals surface area contributed by atoms with Crippen LogP contribution < -0.4 is 5.73 Å². The molecule has 0 fully saturated rings. The molecule has 1 aromatic rings. The summed E-state index contributed by atoms with van der Waals surface area (Å²) in [5, 5.41) is 6.98. The van der Waals surface area contributed by atoms with Crippen molar-refractivity contribution in [1.82, 2.24) is 14.8 Å². The number of anilines is 1. The van der Waals surface area contributed by atoms with Crippen LogP contribution in [-0.2, 0) is 0 Å². The van der Waals surface area contributed by atoms with Crippen LogP contribution in [-0.4, -0.2) is 14.8 Å². The topological polar surface area (TPSA) is 64.7 Å². The third kappa shape index (κ3) is 0.436. The number of hydrogen-bond acceptors (Lipinski definition) is 5. The summed E-state index contributed by atoms with van der Waals surface area (Å²) in [6.07, 6.45) is 0. The van der Waals surface area contributed by atoms with Crippen molar-refractivity contribution in [1.29, 1.82) is 0 Å². The molecule has 1 aromatic heterocycles. The smallest absolute Gasteiger partial charge is 0.222 e. The van der Waals surface area contributed by atoms with E-state index in [1.54, 1.807) is 0 Å². The van der Waals surface area contributed by atoms with E-state index in [-0.39, 0.29) is 0 Å². The van der Waals surface area contributed by atoms with Crippen molar-refractivity contribution in [2.45, 2.75) is 0 Å². The van der Waals surface area contributed by atoms with Crippen molar-refractivity contribution in [2.75, 3.05) is 5.73 Å². The minimum absolute atomic E-state index is 0.412. The van der Waals surface area contributed by atoms with Crippen LogP contribution >= 0.6 is 11.5 Å². The summed E-state index contributed by atoms with van der Waals surface area (Å²) >= 11 is 1.08. The lowest BCUT2D eigenvalue weighted by Crippen LogP contribution is -1.79. The molecule has 0 bridgehead atoms. The Balaban J connectivity index is 3.05. The Morgan fingerprint density at radius 1 is 1.67 bits per heavy atom. The van der Waals surface area contributed by atoms with Crippen LogP contribution in [0.3, 0.4) is 0 Å². The molecule has 0 aliphatic carbocycles. The minimum atomic E-state index is 0.412. The second kappa shape index (κ2) is 1.17. The molecule has 0 atom stereocenters. The van der Waals surface area contributed by atoms with Gasteiger partial charge in [-0.2, -0.15) is 0 Å². The molecule has 0 amide bonds. The fourth-order valence-electron chi connectivity index (χ4n) is 0.141. The molecule has 0 radical (unpaired) electrons. The van der Waals surface area contributed by atoms with E-state index in [4.69, 9.17) is 5.73 Å². The second-order valence-corrected chi connectivity index (χ2v) is 1.46. The first kappa shape index (κ1) is 3.48. The molecule has 1 rings (SSSR count). The van der Waals surface area contributed by atoms with E-state index in [2.05, 4.69) is 14.8 Å². The quantitative estimate of drug-likeness (QED) is 0.480. The Labute approximate surface area is 38.1 Å². The van der Waals surface area contributed by atoms with Crippen molar-refractivity contribution in [3.05, 3.63) is 0 Å². The number of aromatic nitrogens is 3. The SMILES string of the molecule is Nc1nnns1. The second-order valence-electron chi connectivity index (χ2n) is 0.701. The van der Waals surface area contributed by atoms with Crippen LogP contribution in [0.5, 0.6) is 0 Å². The third-order valence-corrected chi connectivity index (χ3v) is 0.738. The van der Waals surface area contributed by atoms with E-state index in [1.165, 1.54) is 0 Å². The molecular weight excluding hydrogens is 100 g/mol. The van der Waals surface area contributed by atoms with Crippen LogP contribution in [0, 0.1) is 0 Å². The Hall–Kier alpha value is -0.710. The summed E-state index contributed by atoms with van der Waals surface area (Å²) in [5.41, 5.74) is 5.06. The average molecular weight is 102 g/mol. The normalized spacial score (nSPS) is 8.67. The molecule has 0 aliphatic rings. The van der Waals surface area contributed by atoms with Crippen molar-refractivity contribution in [3.63, 3.8) is 0 Å². The van der Waals surface area contributed by atoms with Gasteiger partial charge in [0.1, 0.15) is 0 Å². The molecule has 2 N–H and O–H groups in total. The molecule has 0 aliphatic heterocycles. The molecule has 0 spiro atoms. The molecule has 0 saturated heterocycles. The Morgan fingerprint density at radius 3 is 2.67 bits per heavy atom. The van der Waals surface area contributed by atoms with Gasteiger partial charge in [0.2, 0.25) is 5.13 Å². The number of hydrogen-bond donors (Lipinski definition) is 1. The Bertz CT molecular complexity index is 111. The van der Waals surface area contributed by atoms with Crippen LogP contribution in [0.15, 0.2) is 0 Å². The minimum Gasteiger partial charge on any atom is -0.372 e. The first-order valence-corrected chi connectivity index (χ1v) is 2.07. The molecule has 0 aromatic carbocycles. The van der Waals surface area contributed by atoms with Gasteiger partial charge in [-0.15, -0.1) is 0 Å². The highest BCUT2D eigenvalue weighted by Gasteiger charge is 1.80. The van der Waals surface area contributed by atoms with Gasteiger partial charge in [0.15, 0.2) is 0 Å². The molecular formula is CH2N4S. The summed E-state index contributed by atoms with van der Waals surface area (Å²) in [7, 11) is 0. The maximum absolute atomic E-state index is 5.06. The number of nitrogen functional groups attached to an aromatic ring is 1. The molecule has 5 heteroatoms. The average Bonchev–Trinajstić information content (AvgIpc) is 1.86. The van der Waals surface area contributed by atoms with Crippen molar-refractivity contribution >= 4 is 16.7 Å². The molecule has 0 saturated carbocycles. The van der Waals surface area contributed by atoms with E-state index in [0.29, 0.717) is 5.13 Å². The maximum Gasteiger partial charge on any atom is 0.222 e. The Kier molecular flexibility index (Phi) is 0.681. The highest BCUT2D eigenvalue weighted by atomic mass is 32.1. The van der Waals surface area contributed by atoms with Gasteiger partial charge < -0.3 is 5.73 Å². The van der Waals surface area contributed by atoms with Crippen molar-refractivity contribution < 1.29 is 0 Å². The van der Waals surface area contributed by atoms with Gasteiger partial charge in [-0.1, -0.05) is 9.59 Å². The van der Waals surface area contributed by atoms with E-state index in [0.717, 1.165) is 11.5 Å². The van der Waals surface area contributed by atoms with E-state index in [1.807, 2.05) is 0 Å². The highest BCUT2D eigenvalue weighted by Crippen LogP contribution is 1.93. The predicted octanol–water partition coefficient (Wildman–Crippen LogP) is -0.485. The van der Waals surface area contributed by atoms with Gasteiger partial charge in [-0.05, 0) is 5.21 Å². The largest absolute Gasteiger partial charge is 0.372 e. The first-order valence-electron chi connectivity index (χ1n) is 1.30. The molecule has 0 unspecified atom stereocenters. The summed E-state index contributed by atoms with van der Waals surface area (Å²) in [6, 6.07) is 0.